The molecule has 0 spiro atoms. The number of nitrogens with one attached hydrogen (secondary N) is 1. The number of halogens is 1. The number of hydrogen-bond donors (Lipinski definition) is 1. The highest BCUT2D eigenvalue weighted by atomic mass is 79.9. The van der Waals surface area contributed by atoms with E-state index in [1.54, 1.807) is 0 Å². The van der Waals surface area contributed by atoms with Crippen molar-refractivity contribution in [2.45, 2.75) is 57.5 Å². The Kier molecular flexibility index (Phi) is 5.05. The summed E-state index contributed by atoms with van der Waals surface area (Å²) in [7, 11) is 0. The highest BCUT2D eigenvalue weighted by molar-refractivity contribution is 9.10. The summed E-state index contributed by atoms with van der Waals surface area (Å²) in [6, 6.07) is 9.67. The Morgan fingerprint density at radius 2 is 1.76 bits per heavy atom. The van der Waals surface area contributed by atoms with Gasteiger partial charge in [-0.25, -0.2) is 0 Å². The average molecular weight is 296 g/mol. The Balaban J connectivity index is 1.96. The maximum absolute atomic E-state index is 3.79. The van der Waals surface area contributed by atoms with E-state index in [9.17, 15) is 0 Å². The van der Waals surface area contributed by atoms with E-state index in [1.165, 1.54) is 48.6 Å². The molecule has 1 fully saturated rings. The van der Waals surface area contributed by atoms with Crippen LogP contribution in [0.3, 0.4) is 0 Å². The molecule has 0 aromatic heterocycles. The molecule has 2 rings (SSSR count). The fraction of sp³-hybridized carbons (Fsp3) is 0.600. The SMILES string of the molecule is C[C@H](NC1CCCCCC1)c1ccccc1Br. The highest BCUT2D eigenvalue weighted by Crippen LogP contribution is 2.25. The van der Waals surface area contributed by atoms with Crippen LogP contribution < -0.4 is 5.32 Å². The number of hydrogen-bond acceptors (Lipinski definition) is 1. The van der Waals surface area contributed by atoms with Crippen LogP contribution in [0.2, 0.25) is 0 Å². The van der Waals surface area contributed by atoms with Gasteiger partial charge in [0.1, 0.15) is 0 Å². The number of rotatable bonds is 3. The maximum Gasteiger partial charge on any atom is 0.0305 e. The predicted octanol–water partition coefficient (Wildman–Crippen LogP) is 4.82. The molecule has 1 nitrogen and oxygen atoms in total. The Morgan fingerprint density at radius 3 is 2.41 bits per heavy atom. The molecule has 1 saturated carbocycles. The van der Waals surface area contributed by atoms with Gasteiger partial charge in [0.2, 0.25) is 0 Å². The Bertz CT molecular complexity index is 343. The monoisotopic (exact) mass is 295 g/mol. The molecule has 0 amide bonds. The van der Waals surface area contributed by atoms with E-state index in [1.807, 2.05) is 0 Å². The minimum Gasteiger partial charge on any atom is -0.307 e. The molecule has 0 aliphatic heterocycles. The molecule has 1 atom stereocenters. The predicted molar refractivity (Wildman–Crippen MR) is 77.2 cm³/mol. The van der Waals surface area contributed by atoms with Crippen molar-refractivity contribution >= 4 is 15.9 Å². The summed E-state index contributed by atoms with van der Waals surface area (Å²) in [6.45, 7) is 2.27. The Labute approximate surface area is 113 Å². The zero-order chi connectivity index (χ0) is 12.1. The van der Waals surface area contributed by atoms with E-state index in [-0.39, 0.29) is 0 Å². The summed E-state index contributed by atoms with van der Waals surface area (Å²) in [4.78, 5) is 0. The lowest BCUT2D eigenvalue weighted by atomic mass is 10.0. The van der Waals surface area contributed by atoms with Crippen LogP contribution in [0.25, 0.3) is 0 Å². The second-order valence-corrected chi connectivity index (χ2v) is 5.95. The van der Waals surface area contributed by atoms with Crippen molar-refractivity contribution in [1.82, 2.24) is 5.32 Å². The topological polar surface area (TPSA) is 12.0 Å². The van der Waals surface area contributed by atoms with E-state index in [0.29, 0.717) is 12.1 Å². The zero-order valence-corrected chi connectivity index (χ0v) is 12.2. The molecule has 0 heterocycles. The van der Waals surface area contributed by atoms with Crippen LogP contribution in [-0.4, -0.2) is 6.04 Å². The lowest BCUT2D eigenvalue weighted by molar-refractivity contribution is 0.413. The van der Waals surface area contributed by atoms with Gasteiger partial charge < -0.3 is 5.32 Å². The first-order valence-electron chi connectivity index (χ1n) is 6.78. The van der Waals surface area contributed by atoms with Gasteiger partial charge in [0, 0.05) is 16.6 Å². The van der Waals surface area contributed by atoms with Crippen molar-refractivity contribution in [2.24, 2.45) is 0 Å². The first-order valence-corrected chi connectivity index (χ1v) is 7.57. The molecule has 0 unspecified atom stereocenters. The maximum atomic E-state index is 3.79. The molecular formula is C15H22BrN. The van der Waals surface area contributed by atoms with Gasteiger partial charge in [0.05, 0.1) is 0 Å². The van der Waals surface area contributed by atoms with Gasteiger partial charge in [-0.2, -0.15) is 0 Å². The van der Waals surface area contributed by atoms with Crippen LogP contribution in [0.1, 0.15) is 57.1 Å². The van der Waals surface area contributed by atoms with Gasteiger partial charge in [-0.1, -0.05) is 59.8 Å². The summed E-state index contributed by atoms with van der Waals surface area (Å²) < 4.78 is 1.22. The Morgan fingerprint density at radius 1 is 1.12 bits per heavy atom. The zero-order valence-electron chi connectivity index (χ0n) is 10.6. The quantitative estimate of drug-likeness (QED) is 0.788. The van der Waals surface area contributed by atoms with Crippen molar-refractivity contribution in [3.05, 3.63) is 34.3 Å². The Hall–Kier alpha value is -0.340. The molecule has 1 aromatic rings. The minimum atomic E-state index is 0.439. The van der Waals surface area contributed by atoms with Crippen LogP contribution >= 0.6 is 15.9 Å². The van der Waals surface area contributed by atoms with E-state index in [0.717, 1.165) is 0 Å². The summed E-state index contributed by atoms with van der Waals surface area (Å²) in [5.41, 5.74) is 1.37. The minimum absolute atomic E-state index is 0.439. The lowest BCUT2D eigenvalue weighted by Crippen LogP contribution is -2.31. The highest BCUT2D eigenvalue weighted by Gasteiger charge is 2.16. The molecule has 0 radical (unpaired) electrons. The normalized spacial score (nSPS) is 19.9. The fourth-order valence-corrected chi connectivity index (χ4v) is 3.34. The summed E-state index contributed by atoms with van der Waals surface area (Å²) in [5.74, 6) is 0. The van der Waals surface area contributed by atoms with E-state index in [4.69, 9.17) is 0 Å². The van der Waals surface area contributed by atoms with Crippen LogP contribution in [0.5, 0.6) is 0 Å². The van der Waals surface area contributed by atoms with Crippen molar-refractivity contribution in [3.8, 4) is 0 Å². The van der Waals surface area contributed by atoms with E-state index < -0.39 is 0 Å². The molecule has 1 aliphatic rings. The van der Waals surface area contributed by atoms with E-state index in [2.05, 4.69) is 52.4 Å². The van der Waals surface area contributed by atoms with Crippen molar-refractivity contribution in [1.29, 1.82) is 0 Å². The fourth-order valence-electron chi connectivity index (χ4n) is 2.72. The third-order valence-corrected chi connectivity index (χ3v) is 4.43. The molecule has 1 aromatic carbocycles. The molecule has 17 heavy (non-hydrogen) atoms. The summed E-state index contributed by atoms with van der Waals surface area (Å²) in [6.07, 6.45) is 8.30. The summed E-state index contributed by atoms with van der Waals surface area (Å²) in [5, 5.41) is 3.79. The molecule has 1 aliphatic carbocycles. The molecule has 2 heteroatoms. The second-order valence-electron chi connectivity index (χ2n) is 5.10. The van der Waals surface area contributed by atoms with Gasteiger partial charge in [-0.3, -0.25) is 0 Å². The standard InChI is InChI=1S/C15H22BrN/c1-12(14-10-6-7-11-15(14)16)17-13-8-4-2-3-5-9-13/h6-7,10-13,17H,2-5,8-9H2,1H3/t12-/m0/s1. The molecule has 0 saturated heterocycles. The van der Waals surface area contributed by atoms with Gasteiger partial charge in [-0.15, -0.1) is 0 Å². The van der Waals surface area contributed by atoms with Crippen LogP contribution in [-0.2, 0) is 0 Å². The van der Waals surface area contributed by atoms with Gasteiger partial charge >= 0.3 is 0 Å². The first kappa shape index (κ1) is 13.1. The third kappa shape index (κ3) is 3.82. The van der Waals surface area contributed by atoms with Crippen LogP contribution in [0.4, 0.5) is 0 Å². The largest absolute Gasteiger partial charge is 0.307 e. The smallest absolute Gasteiger partial charge is 0.0305 e. The molecule has 1 N–H and O–H groups in total. The summed E-state index contributed by atoms with van der Waals surface area (Å²) >= 11 is 3.64. The third-order valence-electron chi connectivity index (χ3n) is 3.71. The van der Waals surface area contributed by atoms with Gasteiger partial charge in [0.15, 0.2) is 0 Å². The first-order chi connectivity index (χ1) is 8.27. The lowest BCUT2D eigenvalue weighted by Gasteiger charge is -2.23. The van der Waals surface area contributed by atoms with Crippen molar-refractivity contribution in [3.63, 3.8) is 0 Å². The van der Waals surface area contributed by atoms with Gasteiger partial charge in [0.25, 0.3) is 0 Å². The van der Waals surface area contributed by atoms with Crippen molar-refractivity contribution < 1.29 is 0 Å². The van der Waals surface area contributed by atoms with Gasteiger partial charge in [-0.05, 0) is 31.4 Å². The molecular weight excluding hydrogens is 274 g/mol. The number of benzene rings is 1. The van der Waals surface area contributed by atoms with Crippen LogP contribution in [0, 0.1) is 0 Å². The van der Waals surface area contributed by atoms with E-state index >= 15 is 0 Å². The second kappa shape index (κ2) is 6.55. The molecule has 94 valence electrons. The van der Waals surface area contributed by atoms with Crippen molar-refractivity contribution in [2.75, 3.05) is 0 Å². The average Bonchev–Trinajstić information content (AvgIpc) is 2.58. The molecule has 0 bridgehead atoms. The van der Waals surface area contributed by atoms with Crippen LogP contribution in [0.15, 0.2) is 28.7 Å².